The molecule has 32 heavy (non-hydrogen) atoms. The van der Waals surface area contributed by atoms with Crippen LogP contribution in [0.2, 0.25) is 0 Å². The van der Waals surface area contributed by atoms with Gasteiger partial charge in [-0.15, -0.1) is 0 Å². The van der Waals surface area contributed by atoms with Crippen molar-refractivity contribution in [3.63, 3.8) is 0 Å². The number of amides is 1. The lowest BCUT2D eigenvalue weighted by atomic mass is 10.1. The topological polar surface area (TPSA) is 116 Å². The third-order valence-electron chi connectivity index (χ3n) is 4.78. The number of hydrogen-bond donors (Lipinski definition) is 1. The molecule has 1 aromatic carbocycles. The number of nitrogens with one attached hydrogen (secondary N) is 1. The lowest BCUT2D eigenvalue weighted by Gasteiger charge is -2.06. The molecular formula is C21H17FN8O2. The third kappa shape index (κ3) is 3.49. The van der Waals surface area contributed by atoms with Gasteiger partial charge in [0.1, 0.15) is 23.7 Å². The Labute approximate surface area is 180 Å². The summed E-state index contributed by atoms with van der Waals surface area (Å²) in [6, 6.07) is 4.24. The van der Waals surface area contributed by atoms with Gasteiger partial charge in [0.2, 0.25) is 11.5 Å². The predicted molar refractivity (Wildman–Crippen MR) is 112 cm³/mol. The summed E-state index contributed by atoms with van der Waals surface area (Å²) in [6.07, 6.45) is 6.61. The molecule has 10 nitrogen and oxygen atoms in total. The van der Waals surface area contributed by atoms with Gasteiger partial charge >= 0.3 is 0 Å². The first kappa shape index (κ1) is 19.5. The first-order valence-corrected chi connectivity index (χ1v) is 9.66. The smallest absolute Gasteiger partial charge is 0.293 e. The van der Waals surface area contributed by atoms with Gasteiger partial charge in [-0.05, 0) is 32.0 Å². The highest BCUT2D eigenvalue weighted by Gasteiger charge is 2.18. The molecule has 11 heteroatoms. The molecule has 0 aliphatic heterocycles. The number of aromatic nitrogens is 7. The summed E-state index contributed by atoms with van der Waals surface area (Å²) < 4.78 is 23.2. The third-order valence-corrected chi connectivity index (χ3v) is 4.78. The van der Waals surface area contributed by atoms with Crippen molar-refractivity contribution in [3.8, 4) is 16.9 Å². The second-order valence-corrected chi connectivity index (χ2v) is 7.18. The van der Waals surface area contributed by atoms with Crippen molar-refractivity contribution in [3.05, 3.63) is 72.1 Å². The number of rotatable bonds is 4. The normalized spacial score (nSPS) is 11.2. The number of oxazole rings is 1. The largest absolute Gasteiger partial charge is 0.436 e. The average molecular weight is 432 g/mol. The van der Waals surface area contributed by atoms with Crippen LogP contribution in [0.4, 0.5) is 10.1 Å². The van der Waals surface area contributed by atoms with E-state index < -0.39 is 11.7 Å². The molecule has 0 fully saturated rings. The van der Waals surface area contributed by atoms with Gasteiger partial charge in [0.15, 0.2) is 5.89 Å². The minimum Gasteiger partial charge on any atom is -0.436 e. The molecule has 4 aromatic heterocycles. The molecule has 0 saturated carbocycles. The van der Waals surface area contributed by atoms with Gasteiger partial charge in [-0.3, -0.25) is 9.20 Å². The van der Waals surface area contributed by atoms with Gasteiger partial charge in [0, 0.05) is 30.6 Å². The first-order valence-electron chi connectivity index (χ1n) is 9.66. The van der Waals surface area contributed by atoms with E-state index in [2.05, 4.69) is 30.4 Å². The van der Waals surface area contributed by atoms with Crippen LogP contribution in [0.5, 0.6) is 0 Å². The number of halogens is 1. The van der Waals surface area contributed by atoms with Gasteiger partial charge < -0.3 is 9.73 Å². The highest BCUT2D eigenvalue weighted by atomic mass is 19.1. The molecule has 0 bridgehead atoms. The summed E-state index contributed by atoms with van der Waals surface area (Å²) >= 11 is 0. The van der Waals surface area contributed by atoms with Gasteiger partial charge in [-0.2, -0.15) is 5.10 Å². The number of benzene rings is 1. The van der Waals surface area contributed by atoms with E-state index in [-0.39, 0.29) is 11.3 Å². The number of aryl methyl sites for hydroxylation is 3. The molecule has 5 aromatic rings. The minimum atomic E-state index is -0.481. The van der Waals surface area contributed by atoms with Crippen LogP contribution in [-0.4, -0.2) is 40.0 Å². The lowest BCUT2D eigenvalue weighted by Crippen LogP contribution is -2.12. The summed E-state index contributed by atoms with van der Waals surface area (Å²) in [5, 5.41) is 6.97. The van der Waals surface area contributed by atoms with Crippen LogP contribution < -0.4 is 5.32 Å². The van der Waals surface area contributed by atoms with Crippen molar-refractivity contribution >= 4 is 17.4 Å². The molecule has 0 unspecified atom stereocenters. The fraction of sp³-hybridized carbons (Fsp3) is 0.143. The molecule has 0 radical (unpaired) electrons. The number of carbonyl (C=O) groups excluding carboxylic acids is 1. The van der Waals surface area contributed by atoms with Gasteiger partial charge in [0.25, 0.3) is 5.91 Å². The van der Waals surface area contributed by atoms with Crippen molar-refractivity contribution in [1.82, 2.24) is 34.1 Å². The summed E-state index contributed by atoms with van der Waals surface area (Å²) in [5.41, 5.74) is 2.14. The van der Waals surface area contributed by atoms with Gasteiger partial charge in [-0.1, -0.05) is 0 Å². The quantitative estimate of drug-likeness (QED) is 0.463. The maximum atomic E-state index is 14.6. The zero-order valence-corrected chi connectivity index (χ0v) is 17.4. The Morgan fingerprint density at radius 1 is 1.12 bits per heavy atom. The molecule has 1 amide bonds. The highest BCUT2D eigenvalue weighted by Crippen LogP contribution is 2.26. The molecule has 0 spiro atoms. The molecule has 0 atom stereocenters. The van der Waals surface area contributed by atoms with Crippen molar-refractivity contribution in [2.75, 3.05) is 5.32 Å². The van der Waals surface area contributed by atoms with Crippen LogP contribution in [-0.2, 0) is 0 Å². The van der Waals surface area contributed by atoms with Crippen LogP contribution in [0.3, 0.4) is 0 Å². The van der Waals surface area contributed by atoms with E-state index in [0.717, 1.165) is 0 Å². The predicted octanol–water partition coefficient (Wildman–Crippen LogP) is 3.28. The van der Waals surface area contributed by atoms with Crippen LogP contribution in [0.1, 0.15) is 28.0 Å². The molecule has 0 aliphatic rings. The Morgan fingerprint density at radius 2 is 1.97 bits per heavy atom. The number of nitrogens with zero attached hydrogens (tertiary/aromatic N) is 7. The van der Waals surface area contributed by atoms with Crippen molar-refractivity contribution in [2.24, 2.45) is 0 Å². The van der Waals surface area contributed by atoms with Crippen LogP contribution in [0.15, 0.2) is 47.5 Å². The summed E-state index contributed by atoms with van der Waals surface area (Å²) in [7, 11) is 0. The van der Waals surface area contributed by atoms with E-state index >= 15 is 0 Å². The lowest BCUT2D eigenvalue weighted by molar-refractivity contribution is 0.0994. The van der Waals surface area contributed by atoms with E-state index in [1.54, 1.807) is 54.8 Å². The monoisotopic (exact) mass is 432 g/mol. The molecule has 0 aliphatic carbocycles. The summed E-state index contributed by atoms with van der Waals surface area (Å²) in [6.45, 7) is 5.13. The highest BCUT2D eigenvalue weighted by molar-refractivity contribution is 6.03. The maximum Gasteiger partial charge on any atom is 0.293 e. The molecule has 1 N–H and O–H groups in total. The fourth-order valence-corrected chi connectivity index (χ4v) is 3.32. The Morgan fingerprint density at radius 3 is 2.69 bits per heavy atom. The summed E-state index contributed by atoms with van der Waals surface area (Å²) in [4.78, 5) is 29.4. The number of imidazole rings is 1. The average Bonchev–Trinajstić information content (AvgIpc) is 3.46. The van der Waals surface area contributed by atoms with Crippen LogP contribution >= 0.6 is 0 Å². The second-order valence-electron chi connectivity index (χ2n) is 7.18. The molecule has 0 saturated heterocycles. The first-order chi connectivity index (χ1) is 15.4. The van der Waals surface area contributed by atoms with E-state index in [4.69, 9.17) is 4.42 Å². The van der Waals surface area contributed by atoms with Gasteiger partial charge in [0.05, 0.1) is 17.6 Å². The minimum absolute atomic E-state index is 0.112. The Hall–Kier alpha value is -4.41. The van der Waals surface area contributed by atoms with Crippen molar-refractivity contribution in [2.45, 2.75) is 20.8 Å². The second kappa shape index (κ2) is 7.38. The van der Waals surface area contributed by atoms with E-state index in [1.807, 2.05) is 0 Å². The summed E-state index contributed by atoms with van der Waals surface area (Å²) in [5.74, 6) is 0.580. The SMILES string of the molecule is Cc1ncn(-c2cnc3nc(-c4cc(NC(=O)c5oc(C)nc5C)ccc4F)cn3c2)n1. The van der Waals surface area contributed by atoms with E-state index in [0.29, 0.717) is 40.3 Å². The molecule has 4 heterocycles. The zero-order chi connectivity index (χ0) is 22.4. The Kier molecular flexibility index (Phi) is 4.51. The fourth-order valence-electron chi connectivity index (χ4n) is 3.32. The zero-order valence-electron chi connectivity index (χ0n) is 17.4. The van der Waals surface area contributed by atoms with Crippen molar-refractivity contribution < 1.29 is 13.6 Å². The van der Waals surface area contributed by atoms with Gasteiger partial charge in [-0.25, -0.2) is 29.0 Å². The number of hydrogen-bond acceptors (Lipinski definition) is 7. The molecule has 5 rings (SSSR count). The van der Waals surface area contributed by atoms with E-state index in [9.17, 15) is 9.18 Å². The van der Waals surface area contributed by atoms with Crippen LogP contribution in [0, 0.1) is 26.6 Å². The number of fused-ring (bicyclic) bond motifs is 1. The van der Waals surface area contributed by atoms with Crippen molar-refractivity contribution in [1.29, 1.82) is 0 Å². The Balaban J connectivity index is 1.47. The number of anilines is 1. The Bertz CT molecular complexity index is 1480. The molecular weight excluding hydrogens is 415 g/mol. The molecule has 160 valence electrons. The van der Waals surface area contributed by atoms with E-state index in [1.165, 1.54) is 18.2 Å². The maximum absolute atomic E-state index is 14.6. The van der Waals surface area contributed by atoms with Crippen LogP contribution in [0.25, 0.3) is 22.7 Å². The standard InChI is InChI=1S/C21H17FN8O2/c1-11-19(32-13(3)25-11)20(31)26-14-4-5-17(22)16(6-14)18-9-29-8-15(7-23-21(29)27-18)30-10-24-12(2)28-30/h4-10H,1-3H3,(H,26,31). The number of carbonyl (C=O) groups is 1.